The number of benzene rings is 1. The zero-order chi connectivity index (χ0) is 11.8. The summed E-state index contributed by atoms with van der Waals surface area (Å²) in [5.41, 5.74) is 1.63. The van der Waals surface area contributed by atoms with Gasteiger partial charge in [-0.3, -0.25) is 4.40 Å². The van der Waals surface area contributed by atoms with Gasteiger partial charge in [-0.2, -0.15) is 0 Å². The van der Waals surface area contributed by atoms with Gasteiger partial charge in [0.05, 0.1) is 11.7 Å². The van der Waals surface area contributed by atoms with E-state index in [2.05, 4.69) is 4.98 Å². The van der Waals surface area contributed by atoms with E-state index >= 15 is 0 Å². The van der Waals surface area contributed by atoms with Crippen molar-refractivity contribution in [3.05, 3.63) is 54.6 Å². The van der Waals surface area contributed by atoms with Crippen molar-refractivity contribution in [2.75, 3.05) is 0 Å². The molecule has 4 heteroatoms. The number of hydrogen-bond acceptors (Lipinski definition) is 2. The second kappa shape index (κ2) is 3.59. The Morgan fingerprint density at radius 3 is 2.65 bits per heavy atom. The SMILES string of the molecule is Oc1ccn2c(-c3ccc(F)cc3)ncc2c1. The minimum Gasteiger partial charge on any atom is -0.508 e. The molecule has 0 aliphatic heterocycles. The predicted octanol–water partition coefficient (Wildman–Crippen LogP) is 2.85. The van der Waals surface area contributed by atoms with Crippen molar-refractivity contribution in [2.45, 2.75) is 0 Å². The second-order valence-electron chi connectivity index (χ2n) is 3.77. The van der Waals surface area contributed by atoms with Crippen LogP contribution in [0.15, 0.2) is 48.8 Å². The van der Waals surface area contributed by atoms with E-state index in [0.29, 0.717) is 0 Å². The average Bonchev–Trinajstić information content (AvgIpc) is 2.73. The summed E-state index contributed by atoms with van der Waals surface area (Å²) in [6, 6.07) is 9.36. The van der Waals surface area contributed by atoms with Crippen LogP contribution >= 0.6 is 0 Å². The van der Waals surface area contributed by atoms with E-state index in [-0.39, 0.29) is 11.6 Å². The van der Waals surface area contributed by atoms with Gasteiger partial charge in [-0.1, -0.05) is 0 Å². The highest BCUT2D eigenvalue weighted by Crippen LogP contribution is 2.22. The van der Waals surface area contributed by atoms with Crippen LogP contribution < -0.4 is 0 Å². The molecule has 0 saturated heterocycles. The molecule has 2 aromatic heterocycles. The molecule has 0 saturated carbocycles. The van der Waals surface area contributed by atoms with Gasteiger partial charge in [0.1, 0.15) is 17.4 Å². The Hall–Kier alpha value is -2.36. The number of hydrogen-bond donors (Lipinski definition) is 1. The minimum atomic E-state index is -0.271. The quantitative estimate of drug-likeness (QED) is 0.695. The second-order valence-corrected chi connectivity index (χ2v) is 3.77. The lowest BCUT2D eigenvalue weighted by Gasteiger charge is -2.01. The summed E-state index contributed by atoms with van der Waals surface area (Å²) in [5, 5.41) is 9.36. The van der Waals surface area contributed by atoms with Gasteiger partial charge in [0.15, 0.2) is 0 Å². The smallest absolute Gasteiger partial charge is 0.144 e. The molecule has 0 bridgehead atoms. The summed E-state index contributed by atoms with van der Waals surface area (Å²) in [5.74, 6) is 0.648. The van der Waals surface area contributed by atoms with Crippen molar-refractivity contribution in [3.63, 3.8) is 0 Å². The Labute approximate surface area is 96.8 Å². The Balaban J connectivity index is 2.21. The molecule has 2 heterocycles. The van der Waals surface area contributed by atoms with Gasteiger partial charge >= 0.3 is 0 Å². The molecule has 0 atom stereocenters. The molecule has 0 unspecified atom stereocenters. The molecule has 0 aliphatic carbocycles. The summed E-state index contributed by atoms with van der Waals surface area (Å²) in [6.45, 7) is 0. The average molecular weight is 228 g/mol. The van der Waals surface area contributed by atoms with Gasteiger partial charge in [0.25, 0.3) is 0 Å². The topological polar surface area (TPSA) is 37.5 Å². The highest BCUT2D eigenvalue weighted by Gasteiger charge is 2.06. The van der Waals surface area contributed by atoms with Gasteiger partial charge in [-0.05, 0) is 30.3 Å². The van der Waals surface area contributed by atoms with Crippen molar-refractivity contribution in [2.24, 2.45) is 0 Å². The molecular weight excluding hydrogens is 219 g/mol. The fourth-order valence-corrected chi connectivity index (χ4v) is 1.80. The number of imidazole rings is 1. The first-order valence-electron chi connectivity index (χ1n) is 5.16. The van der Waals surface area contributed by atoms with Gasteiger partial charge in [-0.25, -0.2) is 9.37 Å². The lowest BCUT2D eigenvalue weighted by molar-refractivity contribution is 0.475. The lowest BCUT2D eigenvalue weighted by atomic mass is 10.2. The Kier molecular flexibility index (Phi) is 2.08. The maximum atomic E-state index is 12.8. The zero-order valence-corrected chi connectivity index (χ0v) is 8.84. The summed E-state index contributed by atoms with van der Waals surface area (Å²) < 4.78 is 14.7. The molecular formula is C13H9FN2O. The molecule has 1 aromatic carbocycles. The molecule has 17 heavy (non-hydrogen) atoms. The van der Waals surface area contributed by atoms with E-state index < -0.39 is 0 Å². The number of nitrogens with zero attached hydrogens (tertiary/aromatic N) is 2. The van der Waals surface area contributed by atoms with E-state index in [1.807, 2.05) is 4.40 Å². The Morgan fingerprint density at radius 2 is 1.88 bits per heavy atom. The molecule has 3 aromatic rings. The van der Waals surface area contributed by atoms with Crippen LogP contribution in [0.25, 0.3) is 16.9 Å². The van der Waals surface area contributed by atoms with E-state index in [1.54, 1.807) is 36.7 Å². The first kappa shape index (κ1) is 9.84. The molecule has 0 amide bonds. The van der Waals surface area contributed by atoms with Crippen LogP contribution in [-0.4, -0.2) is 14.5 Å². The normalized spacial score (nSPS) is 10.9. The fraction of sp³-hybridized carbons (Fsp3) is 0. The lowest BCUT2D eigenvalue weighted by Crippen LogP contribution is -1.88. The van der Waals surface area contributed by atoms with E-state index in [1.165, 1.54) is 12.1 Å². The predicted molar refractivity (Wildman–Crippen MR) is 62.3 cm³/mol. The van der Waals surface area contributed by atoms with Crippen molar-refractivity contribution in [1.29, 1.82) is 0 Å². The highest BCUT2D eigenvalue weighted by atomic mass is 19.1. The molecule has 0 aliphatic rings. The number of aromatic hydroxyl groups is 1. The molecule has 3 nitrogen and oxygen atoms in total. The van der Waals surface area contributed by atoms with Gasteiger partial charge in [-0.15, -0.1) is 0 Å². The van der Waals surface area contributed by atoms with Gasteiger partial charge in [0.2, 0.25) is 0 Å². The van der Waals surface area contributed by atoms with Crippen molar-refractivity contribution < 1.29 is 9.50 Å². The fourth-order valence-electron chi connectivity index (χ4n) is 1.80. The minimum absolute atomic E-state index is 0.197. The Bertz CT molecular complexity index is 673. The maximum Gasteiger partial charge on any atom is 0.144 e. The van der Waals surface area contributed by atoms with E-state index in [9.17, 15) is 9.50 Å². The summed E-state index contributed by atoms with van der Waals surface area (Å²) in [7, 11) is 0. The number of rotatable bonds is 1. The summed E-state index contributed by atoms with van der Waals surface area (Å²) in [6.07, 6.45) is 3.40. The third kappa shape index (κ3) is 1.63. The first-order valence-corrected chi connectivity index (χ1v) is 5.16. The van der Waals surface area contributed by atoms with Crippen LogP contribution in [0, 0.1) is 5.82 Å². The summed E-state index contributed by atoms with van der Waals surface area (Å²) >= 11 is 0. The van der Waals surface area contributed by atoms with Gasteiger partial charge < -0.3 is 5.11 Å². The van der Waals surface area contributed by atoms with Crippen LogP contribution in [0.1, 0.15) is 0 Å². The molecule has 0 fully saturated rings. The molecule has 0 spiro atoms. The van der Waals surface area contributed by atoms with Crippen LogP contribution in [0.5, 0.6) is 5.75 Å². The van der Waals surface area contributed by atoms with Gasteiger partial charge in [0, 0.05) is 17.8 Å². The third-order valence-corrected chi connectivity index (χ3v) is 2.62. The largest absolute Gasteiger partial charge is 0.508 e. The first-order chi connectivity index (χ1) is 8.24. The zero-order valence-electron chi connectivity index (χ0n) is 8.84. The standard InChI is InChI=1S/C13H9FN2O/c14-10-3-1-9(2-4-10)13-15-8-11-7-12(17)5-6-16(11)13/h1-8,17H. The molecule has 84 valence electrons. The van der Waals surface area contributed by atoms with Crippen molar-refractivity contribution in [3.8, 4) is 17.1 Å². The van der Waals surface area contributed by atoms with Crippen LogP contribution in [0.2, 0.25) is 0 Å². The van der Waals surface area contributed by atoms with Crippen molar-refractivity contribution >= 4 is 5.52 Å². The van der Waals surface area contributed by atoms with E-state index in [4.69, 9.17) is 0 Å². The van der Waals surface area contributed by atoms with Crippen molar-refractivity contribution in [1.82, 2.24) is 9.38 Å². The third-order valence-electron chi connectivity index (χ3n) is 2.62. The van der Waals surface area contributed by atoms with Crippen LogP contribution in [-0.2, 0) is 0 Å². The number of halogens is 1. The summed E-state index contributed by atoms with van der Waals surface area (Å²) in [4.78, 5) is 4.27. The van der Waals surface area contributed by atoms with E-state index in [0.717, 1.165) is 16.9 Å². The molecule has 1 N–H and O–H groups in total. The molecule has 3 rings (SSSR count). The Morgan fingerprint density at radius 1 is 1.12 bits per heavy atom. The monoisotopic (exact) mass is 228 g/mol. The molecule has 0 radical (unpaired) electrons. The highest BCUT2D eigenvalue weighted by molar-refractivity contribution is 5.63. The number of aromatic nitrogens is 2. The van der Waals surface area contributed by atoms with Crippen LogP contribution in [0.4, 0.5) is 4.39 Å². The van der Waals surface area contributed by atoms with Crippen LogP contribution in [0.3, 0.4) is 0 Å². The number of fused-ring (bicyclic) bond motifs is 1. The maximum absolute atomic E-state index is 12.8. The number of pyridine rings is 1.